The van der Waals surface area contributed by atoms with Crippen LogP contribution >= 0.6 is 11.6 Å². The Bertz CT molecular complexity index is 916. The van der Waals surface area contributed by atoms with Gasteiger partial charge in [-0.3, -0.25) is 9.10 Å². The fourth-order valence-electron chi connectivity index (χ4n) is 2.74. The highest BCUT2D eigenvalue weighted by atomic mass is 35.5. The molecule has 0 aliphatic heterocycles. The minimum absolute atomic E-state index is 0.267. The quantitative estimate of drug-likeness (QED) is 0.704. The molecule has 1 amide bonds. The molecule has 152 valence electrons. The summed E-state index contributed by atoms with van der Waals surface area (Å²) >= 11 is 5.88. The predicted octanol–water partition coefficient (Wildman–Crippen LogP) is 3.39. The number of nitrogens with one attached hydrogen (secondary N) is 1. The van der Waals surface area contributed by atoms with Gasteiger partial charge in [-0.2, -0.15) is 0 Å². The summed E-state index contributed by atoms with van der Waals surface area (Å²) in [6.45, 7) is 5.55. The van der Waals surface area contributed by atoms with Gasteiger partial charge in [0.2, 0.25) is 15.9 Å². The number of hydrogen-bond donors (Lipinski definition) is 1. The predicted molar refractivity (Wildman–Crippen MR) is 113 cm³/mol. The maximum atomic E-state index is 12.7. The van der Waals surface area contributed by atoms with Crippen molar-refractivity contribution in [3.05, 3.63) is 59.1 Å². The number of nitrogens with zero attached hydrogens (tertiary/aromatic N) is 1. The van der Waals surface area contributed by atoms with E-state index in [0.717, 1.165) is 21.9 Å². The molecular formula is C20H25ClN2O4S. The number of benzene rings is 2. The van der Waals surface area contributed by atoms with Crippen molar-refractivity contribution in [2.24, 2.45) is 0 Å². The van der Waals surface area contributed by atoms with E-state index in [1.54, 1.807) is 38.1 Å². The van der Waals surface area contributed by atoms with Gasteiger partial charge >= 0.3 is 0 Å². The first-order chi connectivity index (χ1) is 13.1. The van der Waals surface area contributed by atoms with Gasteiger partial charge < -0.3 is 10.1 Å². The van der Waals surface area contributed by atoms with Crippen LogP contribution in [0.25, 0.3) is 0 Å². The second kappa shape index (κ2) is 9.30. The molecule has 0 saturated heterocycles. The van der Waals surface area contributed by atoms with Crippen LogP contribution < -0.4 is 14.4 Å². The zero-order valence-electron chi connectivity index (χ0n) is 16.3. The number of amides is 1. The first-order valence-corrected chi connectivity index (χ1v) is 11.1. The van der Waals surface area contributed by atoms with Crippen molar-refractivity contribution in [3.8, 4) is 5.75 Å². The van der Waals surface area contributed by atoms with E-state index in [-0.39, 0.29) is 12.6 Å². The zero-order chi connectivity index (χ0) is 20.9. The highest BCUT2D eigenvalue weighted by molar-refractivity contribution is 7.92. The van der Waals surface area contributed by atoms with E-state index in [9.17, 15) is 13.2 Å². The van der Waals surface area contributed by atoms with Crippen molar-refractivity contribution in [1.29, 1.82) is 0 Å². The Morgan fingerprint density at radius 1 is 1.14 bits per heavy atom. The van der Waals surface area contributed by atoms with Crippen LogP contribution in [0.3, 0.4) is 0 Å². The van der Waals surface area contributed by atoms with Crippen molar-refractivity contribution in [3.63, 3.8) is 0 Å². The van der Waals surface area contributed by atoms with Crippen LogP contribution in [0, 0.1) is 6.92 Å². The van der Waals surface area contributed by atoms with Crippen LogP contribution in [0.5, 0.6) is 5.75 Å². The lowest BCUT2D eigenvalue weighted by atomic mass is 10.2. The first-order valence-electron chi connectivity index (χ1n) is 8.83. The Balaban J connectivity index is 2.06. The van der Waals surface area contributed by atoms with Crippen molar-refractivity contribution >= 4 is 33.2 Å². The Labute approximate surface area is 171 Å². The lowest BCUT2D eigenvalue weighted by Crippen LogP contribution is -2.50. The number of carbonyl (C=O) groups excluding carboxylic acids is 1. The summed E-state index contributed by atoms with van der Waals surface area (Å²) in [4.78, 5) is 12.7. The van der Waals surface area contributed by atoms with Gasteiger partial charge in [0.15, 0.2) is 0 Å². The van der Waals surface area contributed by atoms with Gasteiger partial charge in [-0.05, 0) is 56.7 Å². The van der Waals surface area contributed by atoms with E-state index in [2.05, 4.69) is 5.32 Å². The number of aryl methyl sites for hydroxylation is 1. The number of para-hydroxylation sites is 1. The van der Waals surface area contributed by atoms with E-state index in [1.807, 2.05) is 31.2 Å². The largest absolute Gasteiger partial charge is 0.491 e. The maximum absolute atomic E-state index is 12.7. The van der Waals surface area contributed by atoms with Gasteiger partial charge in [-0.15, -0.1) is 0 Å². The number of sulfonamides is 1. The van der Waals surface area contributed by atoms with Crippen LogP contribution in [0.4, 0.5) is 5.69 Å². The van der Waals surface area contributed by atoms with Gasteiger partial charge in [0, 0.05) is 5.02 Å². The van der Waals surface area contributed by atoms with Gasteiger partial charge in [0.1, 0.15) is 18.4 Å². The molecule has 0 radical (unpaired) electrons. The third kappa shape index (κ3) is 5.87. The Morgan fingerprint density at radius 2 is 1.75 bits per heavy atom. The zero-order valence-corrected chi connectivity index (χ0v) is 17.9. The van der Waals surface area contributed by atoms with E-state index in [0.29, 0.717) is 10.7 Å². The molecule has 0 bridgehead atoms. The van der Waals surface area contributed by atoms with Crippen LogP contribution in [0.15, 0.2) is 48.5 Å². The second-order valence-corrected chi connectivity index (χ2v) is 8.99. The van der Waals surface area contributed by atoms with E-state index in [4.69, 9.17) is 16.3 Å². The molecule has 0 aromatic heterocycles. The van der Waals surface area contributed by atoms with Crippen LogP contribution in [-0.4, -0.2) is 39.3 Å². The molecule has 0 fully saturated rings. The fourth-order valence-corrected chi connectivity index (χ4v) is 4.04. The number of carbonyl (C=O) groups is 1. The normalized spacial score (nSPS) is 13.5. The van der Waals surface area contributed by atoms with Gasteiger partial charge in [0.25, 0.3) is 0 Å². The Kier molecular flexibility index (Phi) is 7.32. The van der Waals surface area contributed by atoms with E-state index in [1.165, 1.54) is 0 Å². The monoisotopic (exact) mass is 424 g/mol. The fraction of sp³-hybridized carbons (Fsp3) is 0.350. The van der Waals surface area contributed by atoms with Crippen LogP contribution in [0.2, 0.25) is 5.02 Å². The van der Waals surface area contributed by atoms with Crippen molar-refractivity contribution in [2.75, 3.05) is 17.2 Å². The van der Waals surface area contributed by atoms with Gasteiger partial charge in [-0.25, -0.2) is 8.42 Å². The summed E-state index contributed by atoms with van der Waals surface area (Å²) in [7, 11) is -3.67. The molecule has 0 unspecified atom stereocenters. The summed E-state index contributed by atoms with van der Waals surface area (Å²) in [6.07, 6.45) is 1.07. The van der Waals surface area contributed by atoms with Crippen LogP contribution in [-0.2, 0) is 14.8 Å². The molecule has 2 rings (SSSR count). The highest BCUT2D eigenvalue weighted by Crippen LogP contribution is 2.23. The summed E-state index contributed by atoms with van der Waals surface area (Å²) in [6, 6.07) is 12.7. The van der Waals surface area contributed by atoms with Crippen molar-refractivity contribution in [1.82, 2.24) is 5.32 Å². The minimum Gasteiger partial charge on any atom is -0.491 e. The molecule has 28 heavy (non-hydrogen) atoms. The van der Waals surface area contributed by atoms with E-state index < -0.39 is 22.0 Å². The molecule has 0 heterocycles. The lowest BCUT2D eigenvalue weighted by Gasteiger charge is -2.29. The topological polar surface area (TPSA) is 75.7 Å². The molecule has 2 atom stereocenters. The molecular weight excluding hydrogens is 400 g/mol. The number of rotatable bonds is 8. The average molecular weight is 425 g/mol. The molecule has 8 heteroatoms. The standard InChI is InChI=1S/C20H25ClN2O4S/c1-14-7-5-6-8-19(14)27-13-15(2)22-20(24)16(3)23(28(4,25)26)18-11-9-17(21)10-12-18/h5-12,15-16H,13H2,1-4H3,(H,22,24)/t15-,16+/m0/s1. The molecule has 2 aromatic carbocycles. The summed E-state index contributed by atoms with van der Waals surface area (Å²) in [5, 5.41) is 3.29. The van der Waals surface area contributed by atoms with Crippen molar-refractivity contribution in [2.45, 2.75) is 32.9 Å². The lowest BCUT2D eigenvalue weighted by molar-refractivity contribution is -0.122. The molecule has 6 nitrogen and oxygen atoms in total. The molecule has 0 saturated carbocycles. The third-order valence-electron chi connectivity index (χ3n) is 4.14. The minimum atomic E-state index is -3.67. The number of ether oxygens (including phenoxy) is 1. The molecule has 0 spiro atoms. The smallest absolute Gasteiger partial charge is 0.243 e. The second-order valence-electron chi connectivity index (χ2n) is 6.70. The highest BCUT2D eigenvalue weighted by Gasteiger charge is 2.29. The number of halogens is 1. The molecule has 2 aromatic rings. The molecule has 0 aliphatic rings. The Hall–Kier alpha value is -2.25. The van der Waals surface area contributed by atoms with Crippen molar-refractivity contribution < 1.29 is 17.9 Å². The molecule has 1 N–H and O–H groups in total. The summed E-state index contributed by atoms with van der Waals surface area (Å²) in [5.74, 6) is 0.330. The SMILES string of the molecule is Cc1ccccc1OC[C@H](C)NC(=O)[C@@H](C)N(c1ccc(Cl)cc1)S(C)(=O)=O. The molecule has 0 aliphatic carbocycles. The number of hydrogen-bond acceptors (Lipinski definition) is 4. The third-order valence-corrected chi connectivity index (χ3v) is 5.63. The van der Waals surface area contributed by atoms with Crippen LogP contribution in [0.1, 0.15) is 19.4 Å². The number of anilines is 1. The average Bonchev–Trinajstić information content (AvgIpc) is 2.61. The van der Waals surface area contributed by atoms with Gasteiger partial charge in [0.05, 0.1) is 18.0 Å². The van der Waals surface area contributed by atoms with E-state index >= 15 is 0 Å². The maximum Gasteiger partial charge on any atom is 0.243 e. The first kappa shape index (κ1) is 22.0. The summed E-state index contributed by atoms with van der Waals surface area (Å²) < 4.78 is 31.4. The summed E-state index contributed by atoms with van der Waals surface area (Å²) in [5.41, 5.74) is 1.37. The Morgan fingerprint density at radius 3 is 2.32 bits per heavy atom. The van der Waals surface area contributed by atoms with Gasteiger partial charge in [-0.1, -0.05) is 29.8 Å².